The minimum absolute atomic E-state index is 0.170. The summed E-state index contributed by atoms with van der Waals surface area (Å²) < 4.78 is 9.84. The van der Waals surface area contributed by atoms with Crippen molar-refractivity contribution < 1.29 is 14.5 Å². The molecule has 1 rings (SSSR count). The summed E-state index contributed by atoms with van der Waals surface area (Å²) in [5.74, 6) is 0.520. The first-order chi connectivity index (χ1) is 9.06. The van der Waals surface area contributed by atoms with Crippen LogP contribution < -0.4 is 0 Å². The predicted octanol–water partition coefficient (Wildman–Crippen LogP) is 3.81. The Morgan fingerprint density at radius 2 is 2.42 bits per heavy atom. The lowest BCUT2D eigenvalue weighted by atomic mass is 9.88. The van der Waals surface area contributed by atoms with E-state index in [9.17, 15) is 5.11 Å². The van der Waals surface area contributed by atoms with Crippen LogP contribution in [0.15, 0.2) is 22.9 Å². The van der Waals surface area contributed by atoms with Gasteiger partial charge in [-0.15, -0.1) is 0 Å². The molecule has 3 atom stereocenters. The van der Waals surface area contributed by atoms with Crippen LogP contribution in [-0.4, -0.2) is 31.9 Å². The fourth-order valence-electron chi connectivity index (χ4n) is 2.18. The lowest BCUT2D eigenvalue weighted by Gasteiger charge is -2.27. The number of rotatable bonds is 7. The molecular formula is C13H19BCl2O3. The average molecular weight is 305 g/mol. The van der Waals surface area contributed by atoms with Crippen LogP contribution in [0, 0.1) is 5.92 Å². The number of halogens is 2. The standard InChI is InChI=1S/C13H19BCl2O3/c1-18-12-6-3-10(15)8-9(12)2-4-11(17)5-7-13(16)19-14/h5,8-9,12-13,17H,2-4,6-7H2,1H3/b11-5+. The third-order valence-corrected chi connectivity index (χ3v) is 3.86. The van der Waals surface area contributed by atoms with Crippen molar-refractivity contribution in [2.24, 2.45) is 5.92 Å². The molecule has 6 heteroatoms. The second kappa shape index (κ2) is 8.91. The van der Waals surface area contributed by atoms with Gasteiger partial charge in [-0.2, -0.15) is 0 Å². The van der Waals surface area contributed by atoms with Crippen LogP contribution in [0.3, 0.4) is 0 Å². The average Bonchev–Trinajstić information content (AvgIpc) is 2.42. The quantitative estimate of drug-likeness (QED) is 0.441. The SMILES string of the molecule is [B]OC(Cl)C/C=C(/O)CCC1C=C(Cl)CCC1OC. The van der Waals surface area contributed by atoms with E-state index in [2.05, 4.69) is 4.65 Å². The predicted molar refractivity (Wildman–Crippen MR) is 78.5 cm³/mol. The molecule has 3 nitrogen and oxygen atoms in total. The first kappa shape index (κ1) is 16.9. The van der Waals surface area contributed by atoms with Gasteiger partial charge < -0.3 is 14.5 Å². The van der Waals surface area contributed by atoms with Gasteiger partial charge in [0.15, 0.2) is 0 Å². The van der Waals surface area contributed by atoms with Crippen molar-refractivity contribution in [3.05, 3.63) is 22.9 Å². The molecule has 0 saturated carbocycles. The van der Waals surface area contributed by atoms with Gasteiger partial charge in [0.25, 0.3) is 8.05 Å². The summed E-state index contributed by atoms with van der Waals surface area (Å²) in [6, 6.07) is 0. The maximum absolute atomic E-state index is 9.76. The highest BCUT2D eigenvalue weighted by Gasteiger charge is 2.23. The molecule has 0 heterocycles. The summed E-state index contributed by atoms with van der Waals surface area (Å²) in [5, 5.41) is 10.6. The summed E-state index contributed by atoms with van der Waals surface area (Å²) in [7, 11) is 6.62. The molecule has 2 radical (unpaired) electrons. The van der Waals surface area contributed by atoms with Crippen LogP contribution in [0.5, 0.6) is 0 Å². The number of hydrogen-bond donors (Lipinski definition) is 1. The Morgan fingerprint density at radius 1 is 1.68 bits per heavy atom. The summed E-state index contributed by atoms with van der Waals surface area (Å²) >= 11 is 11.7. The van der Waals surface area contributed by atoms with Crippen molar-refractivity contribution in [3.8, 4) is 0 Å². The number of ether oxygens (including phenoxy) is 1. The second-order valence-corrected chi connectivity index (χ2v) is 5.58. The van der Waals surface area contributed by atoms with Crippen LogP contribution in [0.4, 0.5) is 0 Å². The van der Waals surface area contributed by atoms with Gasteiger partial charge in [-0.25, -0.2) is 0 Å². The highest BCUT2D eigenvalue weighted by molar-refractivity contribution is 6.29. The second-order valence-electron chi connectivity index (χ2n) is 4.61. The van der Waals surface area contributed by atoms with Crippen LogP contribution >= 0.6 is 23.2 Å². The van der Waals surface area contributed by atoms with E-state index >= 15 is 0 Å². The van der Waals surface area contributed by atoms with Crippen molar-refractivity contribution in [2.75, 3.05) is 7.11 Å². The Morgan fingerprint density at radius 3 is 3.05 bits per heavy atom. The van der Waals surface area contributed by atoms with E-state index < -0.39 is 5.56 Å². The van der Waals surface area contributed by atoms with Gasteiger partial charge in [0, 0.05) is 30.9 Å². The van der Waals surface area contributed by atoms with E-state index in [0.29, 0.717) is 12.8 Å². The van der Waals surface area contributed by atoms with Crippen LogP contribution in [0.25, 0.3) is 0 Å². The molecule has 0 amide bonds. The maximum atomic E-state index is 9.76. The molecule has 0 aromatic rings. The van der Waals surface area contributed by atoms with Gasteiger partial charge in [-0.1, -0.05) is 29.3 Å². The van der Waals surface area contributed by atoms with Gasteiger partial charge in [0.1, 0.15) is 5.56 Å². The molecule has 106 valence electrons. The molecule has 19 heavy (non-hydrogen) atoms. The van der Waals surface area contributed by atoms with Gasteiger partial charge in [-0.3, -0.25) is 0 Å². The maximum Gasteiger partial charge on any atom is 0.284 e. The number of aliphatic hydroxyl groups is 1. The first-order valence-electron chi connectivity index (χ1n) is 6.33. The highest BCUT2D eigenvalue weighted by atomic mass is 35.5. The number of methoxy groups -OCH3 is 1. The molecule has 0 aromatic heterocycles. The molecule has 0 saturated heterocycles. The van der Waals surface area contributed by atoms with Crippen molar-refractivity contribution in [2.45, 2.75) is 43.8 Å². The molecule has 1 aliphatic carbocycles. The van der Waals surface area contributed by atoms with Crippen molar-refractivity contribution >= 4 is 31.3 Å². The molecule has 0 spiro atoms. The third kappa shape index (κ3) is 6.22. The van der Waals surface area contributed by atoms with Crippen molar-refractivity contribution in [1.29, 1.82) is 0 Å². The van der Waals surface area contributed by atoms with E-state index in [1.54, 1.807) is 13.2 Å². The number of hydrogen-bond acceptors (Lipinski definition) is 3. The lowest BCUT2D eigenvalue weighted by Crippen LogP contribution is -2.24. The van der Waals surface area contributed by atoms with Crippen LogP contribution in [-0.2, 0) is 9.39 Å². The monoisotopic (exact) mass is 304 g/mol. The smallest absolute Gasteiger partial charge is 0.284 e. The fraction of sp³-hybridized carbons (Fsp3) is 0.692. The van der Waals surface area contributed by atoms with Gasteiger partial charge >= 0.3 is 0 Å². The minimum Gasteiger partial charge on any atom is -0.513 e. The largest absolute Gasteiger partial charge is 0.513 e. The van der Waals surface area contributed by atoms with E-state index in [0.717, 1.165) is 24.3 Å². The Kier molecular flexibility index (Phi) is 7.92. The zero-order valence-corrected chi connectivity index (χ0v) is 12.5. The molecule has 1 aliphatic rings. The molecular weight excluding hydrogens is 286 g/mol. The van der Waals surface area contributed by atoms with Crippen LogP contribution in [0.2, 0.25) is 0 Å². The molecule has 3 unspecified atom stereocenters. The minimum atomic E-state index is -0.613. The number of alkyl halides is 1. The fourth-order valence-corrected chi connectivity index (χ4v) is 2.54. The summed E-state index contributed by atoms with van der Waals surface area (Å²) in [4.78, 5) is 0. The normalized spacial score (nSPS) is 26.1. The molecule has 0 aliphatic heterocycles. The lowest BCUT2D eigenvalue weighted by molar-refractivity contribution is 0.0540. The molecule has 0 aromatic carbocycles. The van der Waals surface area contributed by atoms with Gasteiger partial charge in [0.2, 0.25) is 0 Å². The van der Waals surface area contributed by atoms with Gasteiger partial charge in [0.05, 0.1) is 11.9 Å². The van der Waals surface area contributed by atoms with E-state index in [-0.39, 0.29) is 17.8 Å². The van der Waals surface area contributed by atoms with Crippen molar-refractivity contribution in [3.63, 3.8) is 0 Å². The van der Waals surface area contributed by atoms with E-state index in [4.69, 9.17) is 36.0 Å². The summed E-state index contributed by atoms with van der Waals surface area (Å²) in [5.41, 5.74) is -0.613. The zero-order valence-electron chi connectivity index (χ0n) is 11.0. The highest BCUT2D eigenvalue weighted by Crippen LogP contribution is 2.31. The molecule has 1 N–H and O–H groups in total. The Labute approximate surface area is 126 Å². The molecule has 0 fully saturated rings. The Hall–Kier alpha value is -0.155. The summed E-state index contributed by atoms with van der Waals surface area (Å²) in [6.45, 7) is 0. The first-order valence-corrected chi connectivity index (χ1v) is 7.14. The topological polar surface area (TPSA) is 38.7 Å². The molecule has 0 bridgehead atoms. The number of aliphatic hydroxyl groups excluding tert-OH is 1. The van der Waals surface area contributed by atoms with Crippen LogP contribution in [0.1, 0.15) is 32.1 Å². The number of allylic oxidation sites excluding steroid dienone is 2. The zero-order chi connectivity index (χ0) is 14.3. The van der Waals surface area contributed by atoms with Crippen molar-refractivity contribution in [1.82, 2.24) is 0 Å². The third-order valence-electron chi connectivity index (χ3n) is 3.26. The summed E-state index contributed by atoms with van der Waals surface area (Å²) in [6.07, 6.45) is 7.32. The van der Waals surface area contributed by atoms with Gasteiger partial charge in [-0.05, 0) is 25.3 Å². The Balaban J connectivity index is 2.43. The van der Waals surface area contributed by atoms with E-state index in [1.165, 1.54) is 0 Å². The van der Waals surface area contributed by atoms with E-state index in [1.807, 2.05) is 6.08 Å². The Bertz CT molecular complexity index is 334.